The summed E-state index contributed by atoms with van der Waals surface area (Å²) in [4.78, 5) is 12.9. The van der Waals surface area contributed by atoms with Crippen molar-refractivity contribution in [1.29, 1.82) is 0 Å². The molecule has 0 radical (unpaired) electrons. The van der Waals surface area contributed by atoms with Gasteiger partial charge in [-0.3, -0.25) is 9.89 Å². The summed E-state index contributed by atoms with van der Waals surface area (Å²) in [5.74, 6) is 0.459. The van der Waals surface area contributed by atoms with Crippen molar-refractivity contribution in [3.05, 3.63) is 52.8 Å². The lowest BCUT2D eigenvalue weighted by molar-refractivity contribution is 0.0915. The van der Waals surface area contributed by atoms with E-state index in [-0.39, 0.29) is 11.9 Å². The molecular formula is C19H24N4O. The molecule has 1 aromatic carbocycles. The molecule has 1 aliphatic carbocycles. The molecule has 1 amide bonds. The Morgan fingerprint density at radius 3 is 2.79 bits per heavy atom. The van der Waals surface area contributed by atoms with Crippen LogP contribution in [0.5, 0.6) is 0 Å². The van der Waals surface area contributed by atoms with Crippen LogP contribution in [-0.4, -0.2) is 22.6 Å². The van der Waals surface area contributed by atoms with Gasteiger partial charge in [-0.1, -0.05) is 43.2 Å². The Labute approximate surface area is 142 Å². The Balaban J connectivity index is 1.58. The normalized spacial score (nSPS) is 19.0. The predicted molar refractivity (Wildman–Crippen MR) is 92.6 cm³/mol. The standard InChI is InChI=1S/C19H24N4O/c24-19(18-15-12-20-11-10-16(15)22-23-18)21-17(14-8-4-5-9-14)13-6-2-1-3-7-13/h1-3,6-7,14,17,20H,4-5,8-12H2,(H,21,24)(H,22,23). The quantitative estimate of drug-likeness (QED) is 0.810. The van der Waals surface area contributed by atoms with Gasteiger partial charge >= 0.3 is 0 Å². The molecule has 2 heterocycles. The third kappa shape index (κ3) is 2.96. The van der Waals surface area contributed by atoms with Crippen molar-refractivity contribution in [2.45, 2.75) is 44.7 Å². The first-order chi connectivity index (χ1) is 11.8. The lowest BCUT2D eigenvalue weighted by Crippen LogP contribution is -2.34. The molecule has 1 atom stereocenters. The van der Waals surface area contributed by atoms with Crippen molar-refractivity contribution >= 4 is 5.91 Å². The number of carbonyl (C=O) groups is 1. The van der Waals surface area contributed by atoms with Crippen LogP contribution in [0.2, 0.25) is 0 Å². The Morgan fingerprint density at radius 2 is 2.00 bits per heavy atom. The molecular weight excluding hydrogens is 300 g/mol. The van der Waals surface area contributed by atoms with Gasteiger partial charge in [-0.25, -0.2) is 0 Å². The van der Waals surface area contributed by atoms with Gasteiger partial charge in [0.2, 0.25) is 0 Å². The SMILES string of the molecule is O=C(NC(c1ccccc1)C1CCCC1)c1n[nH]c2c1CNCC2. The van der Waals surface area contributed by atoms with Gasteiger partial charge in [-0.15, -0.1) is 0 Å². The highest BCUT2D eigenvalue weighted by molar-refractivity contribution is 5.94. The molecule has 1 saturated carbocycles. The topological polar surface area (TPSA) is 69.8 Å². The number of hydrogen-bond donors (Lipinski definition) is 3. The molecule has 0 spiro atoms. The van der Waals surface area contributed by atoms with Gasteiger partial charge < -0.3 is 10.6 Å². The van der Waals surface area contributed by atoms with E-state index in [2.05, 4.69) is 33.0 Å². The van der Waals surface area contributed by atoms with Gasteiger partial charge in [0.1, 0.15) is 0 Å². The number of amides is 1. The average molecular weight is 324 g/mol. The van der Waals surface area contributed by atoms with Crippen molar-refractivity contribution in [3.63, 3.8) is 0 Å². The third-order valence-electron chi connectivity index (χ3n) is 5.34. The smallest absolute Gasteiger partial charge is 0.272 e. The minimum absolute atomic E-state index is 0.0584. The van der Waals surface area contributed by atoms with Crippen molar-refractivity contribution in [1.82, 2.24) is 20.8 Å². The molecule has 126 valence electrons. The molecule has 0 saturated heterocycles. The van der Waals surface area contributed by atoms with E-state index < -0.39 is 0 Å². The summed E-state index contributed by atoms with van der Waals surface area (Å²) < 4.78 is 0. The van der Waals surface area contributed by atoms with E-state index in [0.717, 1.165) is 24.2 Å². The van der Waals surface area contributed by atoms with Crippen LogP contribution in [0.1, 0.15) is 59.0 Å². The predicted octanol–water partition coefficient (Wildman–Crippen LogP) is 2.72. The molecule has 2 aromatic rings. The minimum atomic E-state index is -0.0584. The number of H-pyrrole nitrogens is 1. The lowest BCUT2D eigenvalue weighted by atomic mass is 9.91. The lowest BCUT2D eigenvalue weighted by Gasteiger charge is -2.25. The molecule has 1 unspecified atom stereocenters. The van der Waals surface area contributed by atoms with E-state index in [9.17, 15) is 4.79 Å². The largest absolute Gasteiger partial charge is 0.344 e. The molecule has 0 bridgehead atoms. The van der Waals surface area contributed by atoms with Crippen LogP contribution in [0.3, 0.4) is 0 Å². The summed E-state index contributed by atoms with van der Waals surface area (Å²) in [6.07, 6.45) is 5.78. The molecule has 3 N–H and O–H groups in total. The summed E-state index contributed by atoms with van der Waals surface area (Å²) in [6.45, 7) is 1.65. The molecule has 24 heavy (non-hydrogen) atoms. The van der Waals surface area contributed by atoms with Crippen LogP contribution < -0.4 is 10.6 Å². The fourth-order valence-electron chi connectivity index (χ4n) is 4.05. The maximum atomic E-state index is 12.9. The van der Waals surface area contributed by atoms with Crippen molar-refractivity contribution in [2.75, 3.05) is 6.54 Å². The number of benzene rings is 1. The van der Waals surface area contributed by atoms with Gasteiger partial charge in [-0.2, -0.15) is 5.10 Å². The third-order valence-corrected chi connectivity index (χ3v) is 5.34. The number of fused-ring (bicyclic) bond motifs is 1. The highest BCUT2D eigenvalue weighted by atomic mass is 16.2. The van der Waals surface area contributed by atoms with Crippen LogP contribution in [0, 0.1) is 5.92 Å². The Bertz CT molecular complexity index is 703. The molecule has 1 aliphatic heterocycles. The first-order valence-electron chi connectivity index (χ1n) is 8.95. The van der Waals surface area contributed by atoms with Crippen molar-refractivity contribution in [2.24, 2.45) is 5.92 Å². The monoisotopic (exact) mass is 324 g/mol. The number of aromatic amines is 1. The maximum Gasteiger partial charge on any atom is 0.272 e. The Hall–Kier alpha value is -2.14. The van der Waals surface area contributed by atoms with E-state index >= 15 is 0 Å². The highest BCUT2D eigenvalue weighted by Crippen LogP contribution is 2.36. The number of aromatic nitrogens is 2. The van der Waals surface area contributed by atoms with E-state index in [1.807, 2.05) is 18.2 Å². The maximum absolute atomic E-state index is 12.9. The molecule has 4 rings (SSSR count). The van der Waals surface area contributed by atoms with Crippen LogP contribution in [0.4, 0.5) is 0 Å². The van der Waals surface area contributed by atoms with Crippen LogP contribution in [0.15, 0.2) is 30.3 Å². The summed E-state index contributed by atoms with van der Waals surface area (Å²) in [7, 11) is 0. The zero-order valence-corrected chi connectivity index (χ0v) is 13.8. The van der Waals surface area contributed by atoms with Crippen molar-refractivity contribution in [3.8, 4) is 0 Å². The number of carbonyl (C=O) groups excluding carboxylic acids is 1. The van der Waals surface area contributed by atoms with Gasteiger partial charge in [0, 0.05) is 30.8 Å². The molecule has 2 aliphatic rings. The summed E-state index contributed by atoms with van der Waals surface area (Å²) in [6, 6.07) is 10.4. The second-order valence-corrected chi connectivity index (χ2v) is 6.86. The fourth-order valence-corrected chi connectivity index (χ4v) is 4.05. The summed E-state index contributed by atoms with van der Waals surface area (Å²) >= 11 is 0. The second kappa shape index (κ2) is 6.77. The highest BCUT2D eigenvalue weighted by Gasteiger charge is 2.30. The number of rotatable bonds is 4. The Morgan fingerprint density at radius 1 is 1.21 bits per heavy atom. The average Bonchev–Trinajstić information content (AvgIpc) is 3.30. The van der Waals surface area contributed by atoms with Gasteiger partial charge in [-0.05, 0) is 24.3 Å². The zero-order chi connectivity index (χ0) is 16.4. The van der Waals surface area contributed by atoms with Crippen LogP contribution in [0.25, 0.3) is 0 Å². The second-order valence-electron chi connectivity index (χ2n) is 6.86. The first kappa shape index (κ1) is 15.4. The van der Waals surface area contributed by atoms with Gasteiger partial charge in [0.25, 0.3) is 5.91 Å². The van der Waals surface area contributed by atoms with Gasteiger partial charge in [0.05, 0.1) is 6.04 Å². The molecule has 1 fully saturated rings. The summed E-state index contributed by atoms with van der Waals surface area (Å²) in [5.41, 5.74) is 3.87. The Kier molecular flexibility index (Phi) is 4.34. The van der Waals surface area contributed by atoms with E-state index in [4.69, 9.17) is 0 Å². The number of hydrogen-bond acceptors (Lipinski definition) is 3. The number of nitrogens with one attached hydrogen (secondary N) is 3. The minimum Gasteiger partial charge on any atom is -0.344 e. The van der Waals surface area contributed by atoms with Crippen molar-refractivity contribution < 1.29 is 4.79 Å². The van der Waals surface area contributed by atoms with Gasteiger partial charge in [0.15, 0.2) is 5.69 Å². The molecule has 1 aromatic heterocycles. The van der Waals surface area contributed by atoms with Crippen LogP contribution >= 0.6 is 0 Å². The summed E-state index contributed by atoms with van der Waals surface area (Å²) in [5, 5.41) is 13.9. The molecule has 5 nitrogen and oxygen atoms in total. The number of nitrogens with zero attached hydrogens (tertiary/aromatic N) is 1. The van der Waals surface area contributed by atoms with E-state index in [1.165, 1.54) is 31.2 Å². The fraction of sp³-hybridized carbons (Fsp3) is 0.474. The van der Waals surface area contributed by atoms with Crippen LogP contribution in [-0.2, 0) is 13.0 Å². The van der Waals surface area contributed by atoms with E-state index in [1.54, 1.807) is 0 Å². The van der Waals surface area contributed by atoms with E-state index in [0.29, 0.717) is 18.2 Å². The first-order valence-corrected chi connectivity index (χ1v) is 8.95. The molecule has 5 heteroatoms. The zero-order valence-electron chi connectivity index (χ0n) is 13.8.